The van der Waals surface area contributed by atoms with Crippen LogP contribution in [-0.4, -0.2) is 38.2 Å². The quantitative estimate of drug-likeness (QED) is 0.825. The Hall–Kier alpha value is -1.95. The molecule has 5 nitrogen and oxygen atoms in total. The van der Waals surface area contributed by atoms with Gasteiger partial charge in [-0.3, -0.25) is 4.79 Å². The number of esters is 1. The van der Waals surface area contributed by atoms with E-state index in [9.17, 15) is 14.0 Å². The van der Waals surface area contributed by atoms with Crippen LogP contribution in [0.4, 0.5) is 4.39 Å². The smallest absolute Gasteiger partial charge is 0.328 e. The van der Waals surface area contributed by atoms with Crippen molar-refractivity contribution in [2.24, 2.45) is 5.92 Å². The molecule has 1 aliphatic rings. The molecule has 0 saturated carbocycles. The monoisotopic (exact) mass is 295 g/mol. The molecule has 0 radical (unpaired) electrons. The molecule has 1 saturated heterocycles. The fourth-order valence-electron chi connectivity index (χ4n) is 2.22. The van der Waals surface area contributed by atoms with Crippen molar-refractivity contribution in [1.29, 1.82) is 0 Å². The van der Waals surface area contributed by atoms with Crippen molar-refractivity contribution in [3.63, 3.8) is 0 Å². The van der Waals surface area contributed by atoms with Crippen LogP contribution in [0.2, 0.25) is 0 Å². The van der Waals surface area contributed by atoms with Crippen molar-refractivity contribution < 1.29 is 23.5 Å². The van der Waals surface area contributed by atoms with E-state index < -0.39 is 12.0 Å². The highest BCUT2D eigenvalue weighted by molar-refractivity contribution is 5.86. The molecule has 0 aromatic heterocycles. The lowest BCUT2D eigenvalue weighted by Gasteiger charge is -2.18. The highest BCUT2D eigenvalue weighted by Gasteiger charge is 2.28. The van der Waals surface area contributed by atoms with Crippen molar-refractivity contribution in [2.45, 2.75) is 18.9 Å². The molecule has 1 aromatic carbocycles. The van der Waals surface area contributed by atoms with Gasteiger partial charge in [0.05, 0.1) is 19.6 Å². The minimum absolute atomic E-state index is 0.218. The van der Waals surface area contributed by atoms with Gasteiger partial charge in [0.15, 0.2) is 0 Å². The van der Waals surface area contributed by atoms with E-state index in [-0.39, 0.29) is 24.1 Å². The summed E-state index contributed by atoms with van der Waals surface area (Å²) >= 11 is 0. The highest BCUT2D eigenvalue weighted by atomic mass is 19.1. The third-order valence-electron chi connectivity index (χ3n) is 3.46. The third kappa shape index (κ3) is 4.26. The van der Waals surface area contributed by atoms with Crippen LogP contribution in [0.15, 0.2) is 24.3 Å². The van der Waals surface area contributed by atoms with Gasteiger partial charge in [0.2, 0.25) is 5.91 Å². The van der Waals surface area contributed by atoms with E-state index in [1.807, 2.05) is 0 Å². The van der Waals surface area contributed by atoms with Crippen LogP contribution >= 0.6 is 0 Å². The molecule has 1 aromatic rings. The fraction of sp³-hybridized carbons (Fsp3) is 0.467. The maximum absolute atomic E-state index is 12.9. The van der Waals surface area contributed by atoms with Crippen LogP contribution in [-0.2, 0) is 25.5 Å². The molecule has 1 amide bonds. The van der Waals surface area contributed by atoms with Crippen molar-refractivity contribution in [3.05, 3.63) is 35.6 Å². The summed E-state index contributed by atoms with van der Waals surface area (Å²) in [5.41, 5.74) is 0.745. The van der Waals surface area contributed by atoms with Gasteiger partial charge in [0.1, 0.15) is 11.9 Å². The lowest BCUT2D eigenvalue weighted by molar-refractivity contribution is -0.145. The summed E-state index contributed by atoms with van der Waals surface area (Å²) < 4.78 is 22.8. The predicted molar refractivity (Wildman–Crippen MR) is 73.0 cm³/mol. The molecule has 2 rings (SSSR count). The van der Waals surface area contributed by atoms with Crippen molar-refractivity contribution in [1.82, 2.24) is 5.32 Å². The molecule has 2 atom stereocenters. The van der Waals surface area contributed by atoms with Crippen molar-refractivity contribution in [2.75, 3.05) is 20.3 Å². The first-order chi connectivity index (χ1) is 10.1. The number of ether oxygens (including phenoxy) is 2. The van der Waals surface area contributed by atoms with Crippen LogP contribution in [0, 0.1) is 11.7 Å². The summed E-state index contributed by atoms with van der Waals surface area (Å²) in [5, 5.41) is 2.69. The topological polar surface area (TPSA) is 64.6 Å². The van der Waals surface area contributed by atoms with Gasteiger partial charge in [0.25, 0.3) is 0 Å². The van der Waals surface area contributed by atoms with E-state index in [0.717, 1.165) is 5.56 Å². The molecule has 0 unspecified atom stereocenters. The van der Waals surface area contributed by atoms with Gasteiger partial charge >= 0.3 is 5.97 Å². The van der Waals surface area contributed by atoms with Crippen LogP contribution in [0.3, 0.4) is 0 Å². The summed E-state index contributed by atoms with van der Waals surface area (Å²) in [6.07, 6.45) is 0.905. The Morgan fingerprint density at radius 1 is 1.43 bits per heavy atom. The molecule has 0 aliphatic carbocycles. The largest absolute Gasteiger partial charge is 0.467 e. The summed E-state index contributed by atoms with van der Waals surface area (Å²) in [5.74, 6) is -1.32. The molecular formula is C15H18FNO4. The Balaban J connectivity index is 2.01. The lowest BCUT2D eigenvalue weighted by Crippen LogP contribution is -2.45. The summed E-state index contributed by atoms with van der Waals surface area (Å²) in [7, 11) is 1.27. The summed E-state index contributed by atoms with van der Waals surface area (Å²) in [4.78, 5) is 23.9. The SMILES string of the molecule is COC(=O)[C@H](Cc1ccc(F)cc1)NC(=O)[C@H]1CCOC1. The third-order valence-corrected chi connectivity index (χ3v) is 3.46. The minimum Gasteiger partial charge on any atom is -0.467 e. The molecule has 1 heterocycles. The summed E-state index contributed by atoms with van der Waals surface area (Å²) in [6.45, 7) is 0.926. The Morgan fingerprint density at radius 2 is 2.14 bits per heavy atom. The Bertz CT molecular complexity index is 497. The van der Waals surface area contributed by atoms with Crippen LogP contribution in [0.25, 0.3) is 0 Å². The van der Waals surface area contributed by atoms with E-state index in [0.29, 0.717) is 19.6 Å². The van der Waals surface area contributed by atoms with Gasteiger partial charge in [-0.15, -0.1) is 0 Å². The Kier molecular flexibility index (Phi) is 5.27. The van der Waals surface area contributed by atoms with Gasteiger partial charge in [-0.05, 0) is 24.1 Å². The first kappa shape index (κ1) is 15.4. The zero-order chi connectivity index (χ0) is 15.2. The second kappa shape index (κ2) is 7.17. The Morgan fingerprint density at radius 3 is 2.71 bits per heavy atom. The predicted octanol–water partition coefficient (Wildman–Crippen LogP) is 1.06. The number of hydrogen-bond donors (Lipinski definition) is 1. The molecule has 114 valence electrons. The number of carbonyl (C=O) groups excluding carboxylic acids is 2. The van der Waals surface area contributed by atoms with Crippen molar-refractivity contribution >= 4 is 11.9 Å². The number of methoxy groups -OCH3 is 1. The number of carbonyl (C=O) groups is 2. The van der Waals surface area contributed by atoms with Crippen LogP contribution < -0.4 is 5.32 Å². The molecule has 1 aliphatic heterocycles. The second-order valence-corrected chi connectivity index (χ2v) is 4.98. The molecule has 0 bridgehead atoms. The first-order valence-electron chi connectivity index (χ1n) is 6.80. The van der Waals surface area contributed by atoms with Gasteiger partial charge in [0, 0.05) is 13.0 Å². The normalized spacial score (nSPS) is 19.0. The van der Waals surface area contributed by atoms with Crippen molar-refractivity contribution in [3.8, 4) is 0 Å². The summed E-state index contributed by atoms with van der Waals surface area (Å²) in [6, 6.07) is 5.01. The van der Waals surface area contributed by atoms with Gasteiger partial charge in [-0.25, -0.2) is 9.18 Å². The minimum atomic E-state index is -0.784. The number of benzene rings is 1. The van der Waals surface area contributed by atoms with Crippen LogP contribution in [0.1, 0.15) is 12.0 Å². The maximum Gasteiger partial charge on any atom is 0.328 e. The number of amides is 1. The van der Waals surface area contributed by atoms with Crippen LogP contribution in [0.5, 0.6) is 0 Å². The first-order valence-corrected chi connectivity index (χ1v) is 6.80. The average molecular weight is 295 g/mol. The number of halogens is 1. The standard InChI is InChI=1S/C15H18FNO4/c1-20-15(19)13(8-10-2-4-12(16)5-3-10)17-14(18)11-6-7-21-9-11/h2-5,11,13H,6-9H2,1H3,(H,17,18)/t11-,13-/m0/s1. The molecule has 1 fully saturated rings. The van der Waals surface area contributed by atoms with Gasteiger partial charge < -0.3 is 14.8 Å². The van der Waals surface area contributed by atoms with E-state index >= 15 is 0 Å². The zero-order valence-electron chi connectivity index (χ0n) is 11.8. The molecule has 6 heteroatoms. The highest BCUT2D eigenvalue weighted by Crippen LogP contribution is 2.13. The van der Waals surface area contributed by atoms with E-state index in [1.165, 1.54) is 19.2 Å². The number of rotatable bonds is 5. The molecule has 1 N–H and O–H groups in total. The van der Waals surface area contributed by atoms with E-state index in [4.69, 9.17) is 9.47 Å². The van der Waals surface area contributed by atoms with Gasteiger partial charge in [-0.1, -0.05) is 12.1 Å². The van der Waals surface area contributed by atoms with Gasteiger partial charge in [-0.2, -0.15) is 0 Å². The Labute approximate surface area is 122 Å². The molecule has 21 heavy (non-hydrogen) atoms. The maximum atomic E-state index is 12.9. The molecular weight excluding hydrogens is 277 g/mol. The fourth-order valence-corrected chi connectivity index (χ4v) is 2.22. The second-order valence-electron chi connectivity index (χ2n) is 4.98. The zero-order valence-corrected chi connectivity index (χ0v) is 11.8. The molecule has 0 spiro atoms. The number of hydrogen-bond acceptors (Lipinski definition) is 4. The average Bonchev–Trinajstić information content (AvgIpc) is 3.02. The van der Waals surface area contributed by atoms with E-state index in [1.54, 1.807) is 12.1 Å². The van der Waals surface area contributed by atoms with E-state index in [2.05, 4.69) is 5.32 Å². The lowest BCUT2D eigenvalue weighted by atomic mass is 10.0. The number of nitrogens with one attached hydrogen (secondary N) is 1.